The number of likely N-dealkylation sites (tertiary alicyclic amines) is 1. The molecule has 0 saturated carbocycles. The number of ether oxygens (including phenoxy) is 1. The molecule has 2 nitrogen and oxygen atoms in total. The summed E-state index contributed by atoms with van der Waals surface area (Å²) in [5.74, 6) is 1.83. The molecule has 0 aromatic heterocycles. The predicted molar refractivity (Wildman–Crippen MR) is 93.9 cm³/mol. The summed E-state index contributed by atoms with van der Waals surface area (Å²) in [6, 6.07) is 12.1. The van der Waals surface area contributed by atoms with Crippen LogP contribution in [0.3, 0.4) is 0 Å². The standard InChI is InChI=1S/C19H24ClNO/c1-15-9-12-21(13-10-15)11-4-14-22-19-8-7-18(20)16-5-2-3-6-17(16)19/h2-3,5-8,15H,4,9-14H2,1H3. The first kappa shape index (κ1) is 15.6. The van der Waals surface area contributed by atoms with Crippen LogP contribution >= 0.6 is 11.6 Å². The van der Waals surface area contributed by atoms with Crippen LogP contribution in [0, 0.1) is 5.92 Å². The van der Waals surface area contributed by atoms with Crippen LogP contribution in [0.1, 0.15) is 26.2 Å². The van der Waals surface area contributed by atoms with Gasteiger partial charge in [-0.1, -0.05) is 42.8 Å². The number of benzene rings is 2. The zero-order chi connectivity index (χ0) is 15.4. The van der Waals surface area contributed by atoms with E-state index in [9.17, 15) is 0 Å². The van der Waals surface area contributed by atoms with E-state index in [1.54, 1.807) is 0 Å². The van der Waals surface area contributed by atoms with E-state index < -0.39 is 0 Å². The molecule has 3 heteroatoms. The molecule has 1 aliphatic rings. The molecular formula is C19H24ClNO. The van der Waals surface area contributed by atoms with Gasteiger partial charge in [0.05, 0.1) is 6.61 Å². The molecule has 1 saturated heterocycles. The van der Waals surface area contributed by atoms with Crippen LogP contribution in [0.2, 0.25) is 5.02 Å². The van der Waals surface area contributed by atoms with Crippen molar-refractivity contribution in [2.24, 2.45) is 5.92 Å². The Kier molecular flexibility index (Phi) is 5.22. The Morgan fingerprint density at radius 3 is 2.59 bits per heavy atom. The van der Waals surface area contributed by atoms with Gasteiger partial charge in [0, 0.05) is 22.3 Å². The number of hydrogen-bond donors (Lipinski definition) is 0. The van der Waals surface area contributed by atoms with Crippen molar-refractivity contribution in [3.05, 3.63) is 41.4 Å². The normalized spacial score (nSPS) is 17.0. The molecule has 2 aromatic carbocycles. The highest BCUT2D eigenvalue weighted by atomic mass is 35.5. The van der Waals surface area contributed by atoms with E-state index >= 15 is 0 Å². The molecule has 0 spiro atoms. The summed E-state index contributed by atoms with van der Waals surface area (Å²) in [4.78, 5) is 2.56. The topological polar surface area (TPSA) is 12.5 Å². The van der Waals surface area contributed by atoms with Crippen LogP contribution in [0.25, 0.3) is 10.8 Å². The lowest BCUT2D eigenvalue weighted by molar-refractivity contribution is 0.178. The van der Waals surface area contributed by atoms with E-state index in [0.717, 1.165) is 47.0 Å². The minimum absolute atomic E-state index is 0.762. The molecular weight excluding hydrogens is 294 g/mol. The van der Waals surface area contributed by atoms with Gasteiger partial charge in [-0.3, -0.25) is 0 Å². The van der Waals surface area contributed by atoms with Gasteiger partial charge < -0.3 is 9.64 Å². The summed E-state index contributed by atoms with van der Waals surface area (Å²) in [5, 5.41) is 2.94. The molecule has 0 aliphatic carbocycles. The number of halogens is 1. The van der Waals surface area contributed by atoms with E-state index in [-0.39, 0.29) is 0 Å². The van der Waals surface area contributed by atoms with Gasteiger partial charge >= 0.3 is 0 Å². The fourth-order valence-corrected chi connectivity index (χ4v) is 3.34. The third-order valence-corrected chi connectivity index (χ3v) is 4.91. The summed E-state index contributed by atoms with van der Waals surface area (Å²) in [5.41, 5.74) is 0. The van der Waals surface area contributed by atoms with Gasteiger partial charge in [-0.05, 0) is 50.4 Å². The average Bonchev–Trinajstić information content (AvgIpc) is 2.55. The van der Waals surface area contributed by atoms with Crippen LogP contribution < -0.4 is 4.74 Å². The first-order valence-electron chi connectivity index (χ1n) is 8.26. The van der Waals surface area contributed by atoms with Gasteiger partial charge in [-0.2, -0.15) is 0 Å². The second-order valence-electron chi connectivity index (χ2n) is 6.32. The highest BCUT2D eigenvalue weighted by molar-refractivity contribution is 6.35. The second-order valence-corrected chi connectivity index (χ2v) is 6.72. The number of piperidine rings is 1. The van der Waals surface area contributed by atoms with Crippen molar-refractivity contribution in [2.45, 2.75) is 26.2 Å². The second kappa shape index (κ2) is 7.34. The summed E-state index contributed by atoms with van der Waals surface area (Å²) in [6.07, 6.45) is 3.75. The fourth-order valence-electron chi connectivity index (χ4n) is 3.12. The first-order valence-corrected chi connectivity index (χ1v) is 8.64. The van der Waals surface area contributed by atoms with Gasteiger partial charge in [0.15, 0.2) is 0 Å². The van der Waals surface area contributed by atoms with E-state index in [1.807, 2.05) is 30.3 Å². The minimum Gasteiger partial charge on any atom is -0.493 e. The Labute approximate surface area is 138 Å². The summed E-state index contributed by atoms with van der Waals surface area (Å²) in [6.45, 7) is 6.73. The number of fused-ring (bicyclic) bond motifs is 1. The largest absolute Gasteiger partial charge is 0.493 e. The lowest BCUT2D eigenvalue weighted by Gasteiger charge is -2.30. The van der Waals surface area contributed by atoms with E-state index in [4.69, 9.17) is 16.3 Å². The molecule has 1 heterocycles. The van der Waals surface area contributed by atoms with E-state index in [2.05, 4.69) is 17.9 Å². The van der Waals surface area contributed by atoms with Crippen molar-refractivity contribution in [1.29, 1.82) is 0 Å². The third-order valence-electron chi connectivity index (χ3n) is 4.58. The van der Waals surface area contributed by atoms with Crippen LogP contribution in [0.5, 0.6) is 5.75 Å². The first-order chi connectivity index (χ1) is 10.7. The van der Waals surface area contributed by atoms with E-state index in [0.29, 0.717) is 0 Å². The van der Waals surface area contributed by atoms with E-state index in [1.165, 1.54) is 25.9 Å². The zero-order valence-corrected chi connectivity index (χ0v) is 14.0. The molecule has 118 valence electrons. The maximum atomic E-state index is 6.24. The Morgan fingerprint density at radius 2 is 1.82 bits per heavy atom. The Hall–Kier alpha value is -1.25. The summed E-state index contributed by atoms with van der Waals surface area (Å²) in [7, 11) is 0. The Morgan fingerprint density at radius 1 is 1.09 bits per heavy atom. The van der Waals surface area contributed by atoms with Crippen molar-refractivity contribution >= 4 is 22.4 Å². The summed E-state index contributed by atoms with van der Waals surface area (Å²) < 4.78 is 6.00. The lowest BCUT2D eigenvalue weighted by atomic mass is 9.99. The van der Waals surface area contributed by atoms with Gasteiger partial charge in [0.25, 0.3) is 0 Å². The van der Waals surface area contributed by atoms with Gasteiger partial charge in [0.2, 0.25) is 0 Å². The van der Waals surface area contributed by atoms with Crippen molar-refractivity contribution < 1.29 is 4.74 Å². The highest BCUT2D eigenvalue weighted by Gasteiger charge is 2.14. The van der Waals surface area contributed by atoms with Crippen molar-refractivity contribution in [3.63, 3.8) is 0 Å². The molecule has 1 aliphatic heterocycles. The van der Waals surface area contributed by atoms with Gasteiger partial charge in [-0.25, -0.2) is 0 Å². The minimum atomic E-state index is 0.762. The molecule has 1 fully saturated rings. The number of hydrogen-bond acceptors (Lipinski definition) is 2. The SMILES string of the molecule is CC1CCN(CCCOc2ccc(Cl)c3ccccc23)CC1. The lowest BCUT2D eigenvalue weighted by Crippen LogP contribution is -2.34. The third kappa shape index (κ3) is 3.74. The molecule has 3 rings (SSSR count). The Balaban J connectivity index is 1.53. The number of nitrogens with zero attached hydrogens (tertiary/aromatic N) is 1. The van der Waals surface area contributed by atoms with Crippen LogP contribution in [0.15, 0.2) is 36.4 Å². The maximum Gasteiger partial charge on any atom is 0.127 e. The van der Waals surface area contributed by atoms with Crippen molar-refractivity contribution in [1.82, 2.24) is 4.90 Å². The summed E-state index contributed by atoms with van der Waals surface area (Å²) >= 11 is 6.24. The fraction of sp³-hybridized carbons (Fsp3) is 0.474. The molecule has 2 aromatic rings. The average molecular weight is 318 g/mol. The Bertz CT molecular complexity index is 620. The number of rotatable bonds is 5. The molecule has 0 unspecified atom stereocenters. The molecule has 0 amide bonds. The van der Waals surface area contributed by atoms with Crippen molar-refractivity contribution in [3.8, 4) is 5.75 Å². The van der Waals surface area contributed by atoms with Gasteiger partial charge in [-0.15, -0.1) is 0 Å². The zero-order valence-electron chi connectivity index (χ0n) is 13.2. The molecule has 0 radical (unpaired) electrons. The molecule has 0 atom stereocenters. The smallest absolute Gasteiger partial charge is 0.127 e. The quantitative estimate of drug-likeness (QED) is 0.720. The molecule has 0 bridgehead atoms. The molecule has 0 N–H and O–H groups in total. The monoisotopic (exact) mass is 317 g/mol. The molecule has 22 heavy (non-hydrogen) atoms. The van der Waals surface area contributed by atoms with Crippen molar-refractivity contribution in [2.75, 3.05) is 26.2 Å². The highest BCUT2D eigenvalue weighted by Crippen LogP contribution is 2.31. The predicted octanol–water partition coefficient (Wildman–Crippen LogP) is 4.99. The van der Waals surface area contributed by atoms with Crippen LogP contribution in [0.4, 0.5) is 0 Å². The van der Waals surface area contributed by atoms with Crippen LogP contribution in [-0.2, 0) is 0 Å². The van der Waals surface area contributed by atoms with Crippen LogP contribution in [-0.4, -0.2) is 31.1 Å². The maximum absolute atomic E-state index is 6.24. The van der Waals surface area contributed by atoms with Gasteiger partial charge in [0.1, 0.15) is 5.75 Å².